The van der Waals surface area contributed by atoms with Crippen molar-refractivity contribution in [2.75, 3.05) is 4.90 Å². The van der Waals surface area contributed by atoms with Crippen molar-refractivity contribution in [2.45, 2.75) is 6.61 Å². The molecule has 0 atom stereocenters. The highest BCUT2D eigenvalue weighted by Crippen LogP contribution is 2.26. The van der Waals surface area contributed by atoms with Gasteiger partial charge in [-0.05, 0) is 42.5 Å². The molecule has 0 spiro atoms. The Morgan fingerprint density at radius 1 is 0.970 bits per heavy atom. The molecule has 8 heteroatoms. The highest BCUT2D eigenvalue weighted by Gasteiger charge is 2.37. The number of nitrogens with zero attached hydrogens (tertiary/aromatic N) is 2. The van der Waals surface area contributed by atoms with Gasteiger partial charge in [0.1, 0.15) is 23.7 Å². The third-order valence-electron chi connectivity index (χ3n) is 4.93. The van der Waals surface area contributed by atoms with Crippen LogP contribution < -0.4 is 15.0 Å². The second kappa shape index (κ2) is 9.16. The minimum atomic E-state index is -0.925. The number of amides is 4. The summed E-state index contributed by atoms with van der Waals surface area (Å²) < 4.78 is 19.1. The highest BCUT2D eigenvalue weighted by molar-refractivity contribution is 6.39. The van der Waals surface area contributed by atoms with E-state index >= 15 is 0 Å². The molecule has 7 nitrogen and oxygen atoms in total. The molecule has 1 heterocycles. The molecular formula is C25H16FN3O4. The number of nitriles is 1. The van der Waals surface area contributed by atoms with Crippen molar-refractivity contribution in [1.82, 2.24) is 5.32 Å². The number of imide groups is 2. The van der Waals surface area contributed by atoms with Gasteiger partial charge in [-0.25, -0.2) is 14.1 Å². The Kier molecular flexibility index (Phi) is 5.96. The summed E-state index contributed by atoms with van der Waals surface area (Å²) in [6.45, 7) is 0.101. The average Bonchev–Trinajstić information content (AvgIpc) is 2.82. The van der Waals surface area contributed by atoms with E-state index in [9.17, 15) is 24.0 Å². The Balaban J connectivity index is 1.64. The van der Waals surface area contributed by atoms with Crippen LogP contribution in [-0.4, -0.2) is 17.8 Å². The Hall–Kier alpha value is -4.77. The number of carbonyl (C=O) groups is 3. The lowest BCUT2D eigenvalue weighted by Crippen LogP contribution is -2.54. The van der Waals surface area contributed by atoms with Gasteiger partial charge in [0.2, 0.25) is 0 Å². The molecule has 0 radical (unpaired) electrons. The zero-order valence-electron chi connectivity index (χ0n) is 17.1. The molecule has 1 aliphatic rings. The Bertz CT molecular complexity index is 1330. The molecule has 4 amide bonds. The van der Waals surface area contributed by atoms with Gasteiger partial charge in [0.05, 0.1) is 17.3 Å². The minimum absolute atomic E-state index is 0.101. The number of hydrogen-bond donors (Lipinski definition) is 1. The topological polar surface area (TPSA) is 99.5 Å². The molecule has 3 aromatic rings. The number of ether oxygens (including phenoxy) is 1. The van der Waals surface area contributed by atoms with Gasteiger partial charge in [0.25, 0.3) is 11.8 Å². The van der Waals surface area contributed by atoms with Crippen molar-refractivity contribution in [2.24, 2.45) is 0 Å². The number of carbonyl (C=O) groups excluding carboxylic acids is 3. The summed E-state index contributed by atoms with van der Waals surface area (Å²) in [6, 6.07) is 19.7. The predicted octanol–water partition coefficient (Wildman–Crippen LogP) is 3.94. The molecule has 3 aromatic carbocycles. The van der Waals surface area contributed by atoms with Crippen molar-refractivity contribution in [3.05, 3.63) is 101 Å². The molecule has 1 fully saturated rings. The lowest BCUT2D eigenvalue weighted by Gasteiger charge is -2.26. The number of urea groups is 1. The second-order valence-electron chi connectivity index (χ2n) is 7.03. The zero-order valence-corrected chi connectivity index (χ0v) is 17.1. The Morgan fingerprint density at radius 3 is 2.42 bits per heavy atom. The van der Waals surface area contributed by atoms with E-state index in [1.807, 2.05) is 0 Å². The van der Waals surface area contributed by atoms with Crippen LogP contribution in [0, 0.1) is 17.1 Å². The molecule has 1 saturated heterocycles. The summed E-state index contributed by atoms with van der Waals surface area (Å²) >= 11 is 0. The smallest absolute Gasteiger partial charge is 0.335 e. The van der Waals surface area contributed by atoms with Gasteiger partial charge in [-0.2, -0.15) is 5.26 Å². The monoisotopic (exact) mass is 441 g/mol. The number of rotatable bonds is 5. The van der Waals surface area contributed by atoms with Gasteiger partial charge >= 0.3 is 6.03 Å². The number of barbiturate groups is 1. The van der Waals surface area contributed by atoms with Gasteiger partial charge in [-0.15, -0.1) is 0 Å². The standard InChI is InChI=1S/C25H16FN3O4/c26-19-9-11-20(12-10-19)29-24(31)21(23(30)28-25(29)32)13-16-5-3-4-8-22(16)33-15-18-7-2-1-6-17(18)14-27/h1-13H,15H2,(H,28,30,32)/b21-13+. The predicted molar refractivity (Wildman–Crippen MR) is 117 cm³/mol. The maximum absolute atomic E-state index is 13.3. The molecule has 0 aromatic heterocycles. The molecule has 33 heavy (non-hydrogen) atoms. The van der Waals surface area contributed by atoms with Gasteiger partial charge < -0.3 is 4.74 Å². The average molecular weight is 441 g/mol. The molecular weight excluding hydrogens is 425 g/mol. The molecule has 1 aliphatic heterocycles. The van der Waals surface area contributed by atoms with Crippen LogP contribution >= 0.6 is 0 Å². The summed E-state index contributed by atoms with van der Waals surface area (Å²) in [6.07, 6.45) is 1.33. The molecule has 4 rings (SSSR count). The van der Waals surface area contributed by atoms with Crippen LogP contribution in [-0.2, 0) is 16.2 Å². The molecule has 0 unspecified atom stereocenters. The first-order chi connectivity index (χ1) is 16.0. The fourth-order valence-electron chi connectivity index (χ4n) is 3.28. The van der Waals surface area contributed by atoms with Crippen LogP contribution in [0.15, 0.2) is 78.4 Å². The largest absolute Gasteiger partial charge is 0.488 e. The number of halogens is 1. The second-order valence-corrected chi connectivity index (χ2v) is 7.03. The molecule has 1 N–H and O–H groups in total. The normalized spacial score (nSPS) is 14.7. The van der Waals surface area contributed by atoms with E-state index in [4.69, 9.17) is 4.74 Å². The number of anilines is 1. The van der Waals surface area contributed by atoms with Gasteiger partial charge in [-0.3, -0.25) is 14.9 Å². The van der Waals surface area contributed by atoms with Crippen LogP contribution in [0.4, 0.5) is 14.9 Å². The molecule has 0 aliphatic carbocycles. The third-order valence-corrected chi connectivity index (χ3v) is 4.93. The maximum atomic E-state index is 13.3. The highest BCUT2D eigenvalue weighted by atomic mass is 19.1. The van der Waals surface area contributed by atoms with Crippen LogP contribution in [0.3, 0.4) is 0 Å². The quantitative estimate of drug-likeness (QED) is 0.478. The van der Waals surface area contributed by atoms with Crippen LogP contribution in [0.25, 0.3) is 6.08 Å². The summed E-state index contributed by atoms with van der Waals surface area (Å²) in [4.78, 5) is 38.5. The number of nitrogens with one attached hydrogen (secondary N) is 1. The molecule has 162 valence electrons. The Labute approximate surface area is 188 Å². The van der Waals surface area contributed by atoms with Gasteiger partial charge in [-0.1, -0.05) is 36.4 Å². The first-order valence-corrected chi connectivity index (χ1v) is 9.85. The van der Waals surface area contributed by atoms with E-state index in [0.29, 0.717) is 22.4 Å². The minimum Gasteiger partial charge on any atom is -0.488 e. The van der Waals surface area contributed by atoms with Crippen LogP contribution in [0.2, 0.25) is 0 Å². The van der Waals surface area contributed by atoms with E-state index < -0.39 is 23.7 Å². The van der Waals surface area contributed by atoms with Crippen LogP contribution in [0.1, 0.15) is 16.7 Å². The fourth-order valence-corrected chi connectivity index (χ4v) is 3.28. The van der Waals surface area contributed by atoms with E-state index in [0.717, 1.165) is 17.0 Å². The zero-order chi connectivity index (χ0) is 23.4. The summed E-state index contributed by atoms with van der Waals surface area (Å²) in [5.74, 6) is -1.85. The third kappa shape index (κ3) is 4.48. The fraction of sp³-hybridized carbons (Fsp3) is 0.0400. The Morgan fingerprint density at radius 2 is 1.67 bits per heavy atom. The van der Waals surface area contributed by atoms with E-state index in [1.54, 1.807) is 48.5 Å². The van der Waals surface area contributed by atoms with E-state index in [1.165, 1.54) is 18.2 Å². The van der Waals surface area contributed by atoms with E-state index in [-0.39, 0.29) is 17.9 Å². The first kappa shape index (κ1) is 21.5. The summed E-state index contributed by atoms with van der Waals surface area (Å²) in [5.41, 5.74) is 1.42. The maximum Gasteiger partial charge on any atom is 0.335 e. The first-order valence-electron chi connectivity index (χ1n) is 9.85. The van der Waals surface area contributed by atoms with Crippen molar-refractivity contribution >= 4 is 29.6 Å². The summed E-state index contributed by atoms with van der Waals surface area (Å²) in [5, 5.41) is 11.4. The lowest BCUT2D eigenvalue weighted by molar-refractivity contribution is -0.122. The number of hydrogen-bond acceptors (Lipinski definition) is 5. The van der Waals surface area contributed by atoms with E-state index in [2.05, 4.69) is 11.4 Å². The molecule has 0 bridgehead atoms. The SMILES string of the molecule is N#Cc1ccccc1COc1ccccc1/C=C1\C(=O)NC(=O)N(c2ccc(F)cc2)C1=O. The van der Waals surface area contributed by atoms with Gasteiger partial charge in [0, 0.05) is 11.1 Å². The number of para-hydroxylation sites is 1. The van der Waals surface area contributed by atoms with Crippen molar-refractivity contribution in [1.29, 1.82) is 5.26 Å². The lowest BCUT2D eigenvalue weighted by atomic mass is 10.1. The van der Waals surface area contributed by atoms with Crippen molar-refractivity contribution in [3.8, 4) is 11.8 Å². The van der Waals surface area contributed by atoms with Crippen molar-refractivity contribution in [3.63, 3.8) is 0 Å². The van der Waals surface area contributed by atoms with Gasteiger partial charge in [0.15, 0.2) is 0 Å². The van der Waals surface area contributed by atoms with Crippen molar-refractivity contribution < 1.29 is 23.5 Å². The molecule has 0 saturated carbocycles. The number of benzene rings is 3. The summed E-state index contributed by atoms with van der Waals surface area (Å²) in [7, 11) is 0. The van der Waals surface area contributed by atoms with Crippen LogP contribution in [0.5, 0.6) is 5.75 Å².